The van der Waals surface area contributed by atoms with Gasteiger partial charge in [0.15, 0.2) is 0 Å². The average molecular weight is 219 g/mol. The fraction of sp³-hybridized carbons (Fsp3) is 0.417. The summed E-state index contributed by atoms with van der Waals surface area (Å²) in [6.07, 6.45) is 0. The molecule has 0 aromatic heterocycles. The van der Waals surface area contributed by atoms with E-state index in [1.807, 2.05) is 37.4 Å². The largest absolute Gasteiger partial charge is 0.334 e. The highest BCUT2D eigenvalue weighted by Gasteiger charge is 2.24. The highest BCUT2D eigenvalue weighted by molar-refractivity contribution is 5.74. The van der Waals surface area contributed by atoms with Gasteiger partial charge in [-0.1, -0.05) is 30.3 Å². The summed E-state index contributed by atoms with van der Waals surface area (Å²) in [7, 11) is 1.84. The molecule has 0 unspecified atom stereocenters. The van der Waals surface area contributed by atoms with Gasteiger partial charge >= 0.3 is 6.03 Å². The van der Waals surface area contributed by atoms with Crippen LogP contribution < -0.4 is 10.6 Å². The van der Waals surface area contributed by atoms with Crippen molar-refractivity contribution in [2.45, 2.75) is 12.6 Å². The van der Waals surface area contributed by atoms with Gasteiger partial charge < -0.3 is 15.5 Å². The van der Waals surface area contributed by atoms with E-state index in [0.717, 1.165) is 18.7 Å². The second-order valence-corrected chi connectivity index (χ2v) is 4.07. The Kier molecular flexibility index (Phi) is 3.41. The molecule has 1 aliphatic rings. The lowest BCUT2D eigenvalue weighted by atomic mass is 10.1. The zero-order valence-electron chi connectivity index (χ0n) is 9.44. The number of carbonyl (C=O) groups is 1. The first-order valence-corrected chi connectivity index (χ1v) is 5.52. The Morgan fingerprint density at radius 1 is 1.44 bits per heavy atom. The standard InChI is InChI=1S/C12H17N3O/c1-15(11-8-13-9-11)12(16)14-7-10-5-3-2-4-6-10/h2-6,11,13H,7-9H2,1H3,(H,14,16). The molecule has 0 spiro atoms. The topological polar surface area (TPSA) is 44.4 Å². The van der Waals surface area contributed by atoms with Crippen LogP contribution >= 0.6 is 0 Å². The number of urea groups is 1. The minimum atomic E-state index is -0.00430. The van der Waals surface area contributed by atoms with Crippen LogP contribution in [0.5, 0.6) is 0 Å². The molecule has 1 aromatic rings. The van der Waals surface area contributed by atoms with Gasteiger partial charge in [-0.3, -0.25) is 0 Å². The van der Waals surface area contributed by atoms with E-state index in [2.05, 4.69) is 10.6 Å². The minimum absolute atomic E-state index is 0.00430. The summed E-state index contributed by atoms with van der Waals surface area (Å²) in [6.45, 7) is 2.38. The zero-order chi connectivity index (χ0) is 11.4. The Labute approximate surface area is 95.6 Å². The summed E-state index contributed by atoms with van der Waals surface area (Å²) < 4.78 is 0. The molecule has 1 saturated heterocycles. The molecule has 0 radical (unpaired) electrons. The van der Waals surface area contributed by atoms with Crippen LogP contribution in [-0.4, -0.2) is 37.1 Å². The van der Waals surface area contributed by atoms with E-state index in [-0.39, 0.29) is 6.03 Å². The molecule has 0 saturated carbocycles. The molecule has 1 aromatic carbocycles. The second kappa shape index (κ2) is 4.99. The van der Waals surface area contributed by atoms with Gasteiger partial charge in [0.2, 0.25) is 0 Å². The molecule has 0 aliphatic carbocycles. The van der Waals surface area contributed by atoms with Gasteiger partial charge in [-0.25, -0.2) is 4.79 Å². The van der Waals surface area contributed by atoms with Crippen LogP contribution in [0.25, 0.3) is 0 Å². The van der Waals surface area contributed by atoms with E-state index in [1.54, 1.807) is 4.90 Å². The molecule has 1 fully saturated rings. The van der Waals surface area contributed by atoms with E-state index in [4.69, 9.17) is 0 Å². The molecular formula is C12H17N3O. The van der Waals surface area contributed by atoms with Gasteiger partial charge in [-0.05, 0) is 5.56 Å². The Morgan fingerprint density at radius 2 is 2.12 bits per heavy atom. The number of hydrogen-bond donors (Lipinski definition) is 2. The molecule has 0 bridgehead atoms. The lowest BCUT2D eigenvalue weighted by Gasteiger charge is -2.35. The average Bonchev–Trinajstić information content (AvgIpc) is 2.25. The Morgan fingerprint density at radius 3 is 2.69 bits per heavy atom. The first-order valence-electron chi connectivity index (χ1n) is 5.52. The van der Waals surface area contributed by atoms with Crippen LogP contribution in [0.4, 0.5) is 4.79 Å². The van der Waals surface area contributed by atoms with Gasteiger partial charge in [0.05, 0.1) is 6.04 Å². The number of nitrogens with zero attached hydrogens (tertiary/aromatic N) is 1. The maximum absolute atomic E-state index is 11.7. The maximum atomic E-state index is 11.7. The number of nitrogens with one attached hydrogen (secondary N) is 2. The Bertz CT molecular complexity index is 349. The Balaban J connectivity index is 1.79. The first kappa shape index (κ1) is 11.0. The van der Waals surface area contributed by atoms with Gasteiger partial charge in [0.25, 0.3) is 0 Å². The van der Waals surface area contributed by atoms with Crippen LogP contribution in [0, 0.1) is 0 Å². The molecule has 2 amide bonds. The van der Waals surface area contributed by atoms with E-state index in [9.17, 15) is 4.79 Å². The molecule has 1 heterocycles. The van der Waals surface area contributed by atoms with Crippen LogP contribution in [0.3, 0.4) is 0 Å². The minimum Gasteiger partial charge on any atom is -0.334 e. The predicted octanol–water partition coefficient (Wildman–Crippen LogP) is 0.800. The fourth-order valence-corrected chi connectivity index (χ4v) is 1.61. The second-order valence-electron chi connectivity index (χ2n) is 4.07. The molecule has 4 heteroatoms. The highest BCUT2D eigenvalue weighted by Crippen LogP contribution is 2.03. The molecular weight excluding hydrogens is 202 g/mol. The lowest BCUT2D eigenvalue weighted by molar-refractivity contribution is 0.168. The summed E-state index contributed by atoms with van der Waals surface area (Å²) >= 11 is 0. The lowest BCUT2D eigenvalue weighted by Crippen LogP contribution is -2.59. The smallest absolute Gasteiger partial charge is 0.317 e. The predicted molar refractivity (Wildman–Crippen MR) is 63.1 cm³/mol. The van der Waals surface area contributed by atoms with Crippen LogP contribution in [-0.2, 0) is 6.54 Å². The monoisotopic (exact) mass is 219 g/mol. The summed E-state index contributed by atoms with van der Waals surface area (Å²) in [5, 5.41) is 6.06. The van der Waals surface area contributed by atoms with Crippen LogP contribution in [0.2, 0.25) is 0 Å². The van der Waals surface area contributed by atoms with E-state index < -0.39 is 0 Å². The summed E-state index contributed by atoms with van der Waals surface area (Å²) in [6, 6.07) is 10.3. The van der Waals surface area contributed by atoms with Gasteiger partial charge in [0.1, 0.15) is 0 Å². The number of hydrogen-bond acceptors (Lipinski definition) is 2. The SMILES string of the molecule is CN(C(=O)NCc1ccccc1)C1CNC1. The van der Waals surface area contributed by atoms with E-state index in [1.165, 1.54) is 0 Å². The van der Waals surface area contributed by atoms with Crippen molar-refractivity contribution in [3.8, 4) is 0 Å². The van der Waals surface area contributed by atoms with Crippen molar-refractivity contribution in [2.75, 3.05) is 20.1 Å². The van der Waals surface area contributed by atoms with Crippen molar-refractivity contribution in [3.05, 3.63) is 35.9 Å². The molecule has 16 heavy (non-hydrogen) atoms. The number of rotatable bonds is 3. The Hall–Kier alpha value is -1.55. The molecule has 2 N–H and O–H groups in total. The highest BCUT2D eigenvalue weighted by atomic mass is 16.2. The molecule has 86 valence electrons. The van der Waals surface area contributed by atoms with Crippen molar-refractivity contribution in [1.29, 1.82) is 0 Å². The van der Waals surface area contributed by atoms with Gasteiger partial charge in [-0.2, -0.15) is 0 Å². The van der Waals surface area contributed by atoms with Crippen molar-refractivity contribution in [2.24, 2.45) is 0 Å². The first-order chi connectivity index (χ1) is 7.77. The molecule has 2 rings (SSSR count). The van der Waals surface area contributed by atoms with Crippen molar-refractivity contribution < 1.29 is 4.79 Å². The third-order valence-corrected chi connectivity index (χ3v) is 2.91. The summed E-state index contributed by atoms with van der Waals surface area (Å²) in [4.78, 5) is 13.5. The number of carbonyl (C=O) groups excluding carboxylic acids is 1. The van der Waals surface area contributed by atoms with E-state index >= 15 is 0 Å². The number of likely N-dealkylation sites (N-methyl/N-ethyl adjacent to an activating group) is 1. The third kappa shape index (κ3) is 2.52. The molecule has 0 atom stereocenters. The number of benzene rings is 1. The maximum Gasteiger partial charge on any atom is 0.317 e. The zero-order valence-corrected chi connectivity index (χ0v) is 9.44. The molecule has 4 nitrogen and oxygen atoms in total. The normalized spacial score (nSPS) is 15.3. The van der Waals surface area contributed by atoms with Crippen molar-refractivity contribution in [3.63, 3.8) is 0 Å². The van der Waals surface area contributed by atoms with Gasteiger partial charge in [0, 0.05) is 26.7 Å². The molecule has 1 aliphatic heterocycles. The summed E-state index contributed by atoms with van der Waals surface area (Å²) in [5.41, 5.74) is 1.12. The number of amides is 2. The van der Waals surface area contributed by atoms with E-state index in [0.29, 0.717) is 12.6 Å². The fourth-order valence-electron chi connectivity index (χ4n) is 1.61. The van der Waals surface area contributed by atoms with Crippen molar-refractivity contribution >= 4 is 6.03 Å². The van der Waals surface area contributed by atoms with Crippen LogP contribution in [0.1, 0.15) is 5.56 Å². The van der Waals surface area contributed by atoms with Gasteiger partial charge in [-0.15, -0.1) is 0 Å². The van der Waals surface area contributed by atoms with Crippen LogP contribution in [0.15, 0.2) is 30.3 Å². The summed E-state index contributed by atoms with van der Waals surface area (Å²) in [5.74, 6) is 0. The third-order valence-electron chi connectivity index (χ3n) is 2.91. The quantitative estimate of drug-likeness (QED) is 0.789. The van der Waals surface area contributed by atoms with Crippen molar-refractivity contribution in [1.82, 2.24) is 15.5 Å².